The molecule has 0 radical (unpaired) electrons. The maximum Gasteiger partial charge on any atom is 0.183 e. The minimum Gasteiger partial charge on any atom is -0.488 e. The summed E-state index contributed by atoms with van der Waals surface area (Å²) in [5.41, 5.74) is 7.24. The van der Waals surface area contributed by atoms with Gasteiger partial charge in [-0.05, 0) is 62.7 Å². The Kier molecular flexibility index (Phi) is 6.75. The normalized spacial score (nSPS) is 15.0. The first kappa shape index (κ1) is 25.1. The van der Waals surface area contributed by atoms with E-state index in [-0.39, 0.29) is 6.10 Å². The van der Waals surface area contributed by atoms with Crippen molar-refractivity contribution in [1.29, 1.82) is 0 Å². The molecule has 3 heterocycles. The molecule has 4 bridgehead atoms. The first-order valence-electron chi connectivity index (χ1n) is 13.5. The smallest absolute Gasteiger partial charge is 0.183 e. The molecule has 2 aromatic heterocycles. The lowest BCUT2D eigenvalue weighted by atomic mass is 10.0. The average Bonchev–Trinajstić information content (AvgIpc) is 3.30. The second kappa shape index (κ2) is 10.5. The van der Waals surface area contributed by atoms with E-state index >= 15 is 0 Å². The van der Waals surface area contributed by atoms with Gasteiger partial charge in [-0.1, -0.05) is 54.6 Å². The summed E-state index contributed by atoms with van der Waals surface area (Å²) in [7, 11) is 4.21. The molecule has 1 unspecified atom stereocenters. The summed E-state index contributed by atoms with van der Waals surface area (Å²) in [5, 5.41) is 15.2. The SMILES string of the molecule is Cc1nnc2c3nn(c(C)c13)-c1ccccc1OC(CCN(C)Cc1ccccc1)Cc1cccc(c1)N2C. The van der Waals surface area contributed by atoms with Gasteiger partial charge in [0.1, 0.15) is 23.1 Å². The van der Waals surface area contributed by atoms with Crippen LogP contribution in [-0.2, 0) is 13.0 Å². The second-order valence-corrected chi connectivity index (χ2v) is 10.5. The number of anilines is 2. The summed E-state index contributed by atoms with van der Waals surface area (Å²) in [6.45, 7) is 5.91. The number of benzene rings is 3. The van der Waals surface area contributed by atoms with Gasteiger partial charge in [-0.15, -0.1) is 5.10 Å². The summed E-state index contributed by atoms with van der Waals surface area (Å²) in [4.78, 5) is 4.45. The molecule has 0 saturated carbocycles. The van der Waals surface area contributed by atoms with Crippen LogP contribution in [0.3, 0.4) is 0 Å². The van der Waals surface area contributed by atoms with E-state index in [1.54, 1.807) is 0 Å². The third kappa shape index (κ3) is 4.98. The van der Waals surface area contributed by atoms with Gasteiger partial charge in [-0.2, -0.15) is 10.2 Å². The molecule has 3 aromatic carbocycles. The van der Waals surface area contributed by atoms with Crippen molar-refractivity contribution in [3.8, 4) is 11.4 Å². The fraction of sp³-hybridized carbons (Fsp3) is 0.281. The van der Waals surface area contributed by atoms with Crippen LogP contribution in [0.5, 0.6) is 5.75 Å². The van der Waals surface area contributed by atoms with E-state index in [9.17, 15) is 0 Å². The van der Waals surface area contributed by atoms with Crippen LogP contribution in [0.15, 0.2) is 78.9 Å². The van der Waals surface area contributed by atoms with Crippen molar-refractivity contribution < 1.29 is 4.74 Å². The average molecular weight is 519 g/mol. The van der Waals surface area contributed by atoms with Crippen LogP contribution in [0.1, 0.15) is 28.9 Å². The molecule has 5 aromatic rings. The van der Waals surface area contributed by atoms with Crippen LogP contribution in [0.2, 0.25) is 0 Å². The van der Waals surface area contributed by atoms with Crippen LogP contribution >= 0.6 is 0 Å². The highest BCUT2D eigenvalue weighted by Gasteiger charge is 2.23. The summed E-state index contributed by atoms with van der Waals surface area (Å²) in [5.74, 6) is 1.57. The van der Waals surface area contributed by atoms with Gasteiger partial charge in [0, 0.05) is 32.2 Å². The summed E-state index contributed by atoms with van der Waals surface area (Å²) >= 11 is 0. The van der Waals surface area contributed by atoms with Crippen LogP contribution in [-0.4, -0.2) is 51.6 Å². The van der Waals surface area contributed by atoms with Gasteiger partial charge in [0.2, 0.25) is 0 Å². The molecule has 1 aliphatic heterocycles. The van der Waals surface area contributed by atoms with Gasteiger partial charge >= 0.3 is 0 Å². The summed E-state index contributed by atoms with van der Waals surface area (Å²) < 4.78 is 8.82. The topological polar surface area (TPSA) is 59.3 Å². The van der Waals surface area contributed by atoms with Gasteiger partial charge in [0.15, 0.2) is 5.82 Å². The number of fused-ring (bicyclic) bond motifs is 5. The molecule has 0 amide bonds. The van der Waals surface area contributed by atoms with E-state index in [0.717, 1.165) is 71.2 Å². The van der Waals surface area contributed by atoms with Gasteiger partial charge in [0.05, 0.1) is 16.8 Å². The van der Waals surface area contributed by atoms with Crippen molar-refractivity contribution in [3.05, 3.63) is 101 Å². The molecule has 198 valence electrons. The zero-order chi connectivity index (χ0) is 26.9. The number of rotatable bonds is 5. The second-order valence-electron chi connectivity index (χ2n) is 10.5. The van der Waals surface area contributed by atoms with E-state index < -0.39 is 0 Å². The van der Waals surface area contributed by atoms with Gasteiger partial charge < -0.3 is 14.5 Å². The van der Waals surface area contributed by atoms with Crippen molar-refractivity contribution >= 4 is 22.4 Å². The Balaban J connectivity index is 1.41. The van der Waals surface area contributed by atoms with E-state index in [4.69, 9.17) is 9.84 Å². The maximum atomic E-state index is 6.84. The highest BCUT2D eigenvalue weighted by atomic mass is 16.5. The summed E-state index contributed by atoms with van der Waals surface area (Å²) in [6.07, 6.45) is 1.68. The zero-order valence-corrected chi connectivity index (χ0v) is 23.0. The number of aromatic nitrogens is 4. The Morgan fingerprint density at radius 1 is 0.949 bits per heavy atom. The van der Waals surface area contributed by atoms with E-state index in [0.29, 0.717) is 0 Å². The van der Waals surface area contributed by atoms with E-state index in [2.05, 4.69) is 94.6 Å². The number of hydrogen-bond donors (Lipinski definition) is 0. The number of para-hydroxylation sites is 2. The number of nitrogens with zero attached hydrogens (tertiary/aromatic N) is 6. The Morgan fingerprint density at radius 2 is 1.74 bits per heavy atom. The Bertz CT molecular complexity index is 1610. The minimum atomic E-state index is -0.00941. The molecule has 6 rings (SSSR count). The fourth-order valence-corrected chi connectivity index (χ4v) is 5.50. The predicted molar refractivity (Wildman–Crippen MR) is 156 cm³/mol. The Labute approximate surface area is 229 Å². The predicted octanol–water partition coefficient (Wildman–Crippen LogP) is 6.03. The molecule has 0 aliphatic carbocycles. The lowest BCUT2D eigenvalue weighted by Crippen LogP contribution is -2.28. The van der Waals surface area contributed by atoms with E-state index in [1.807, 2.05) is 36.9 Å². The molecular formula is C32H34N6O. The number of ether oxygens (including phenoxy) is 1. The van der Waals surface area contributed by atoms with Crippen molar-refractivity contribution in [2.24, 2.45) is 0 Å². The van der Waals surface area contributed by atoms with Crippen LogP contribution in [0, 0.1) is 13.8 Å². The van der Waals surface area contributed by atoms with Gasteiger partial charge in [-0.25, -0.2) is 4.68 Å². The Morgan fingerprint density at radius 3 is 2.59 bits per heavy atom. The monoisotopic (exact) mass is 518 g/mol. The van der Waals surface area contributed by atoms with E-state index in [1.165, 1.54) is 11.1 Å². The molecular weight excluding hydrogens is 484 g/mol. The van der Waals surface area contributed by atoms with Crippen LogP contribution < -0.4 is 9.64 Å². The maximum absolute atomic E-state index is 6.84. The lowest BCUT2D eigenvalue weighted by Gasteiger charge is -2.25. The molecule has 0 N–H and O–H groups in total. The largest absolute Gasteiger partial charge is 0.488 e. The molecule has 0 fully saturated rings. The van der Waals surface area contributed by atoms with Gasteiger partial charge in [0.25, 0.3) is 0 Å². The van der Waals surface area contributed by atoms with Crippen LogP contribution in [0.25, 0.3) is 16.6 Å². The standard InChI is InChI=1S/C32H34N6O/c1-22-30-23(2)38-28-15-8-9-16-29(28)39-27(17-18-36(3)21-24-11-6-5-7-12-24)20-25-13-10-14-26(19-25)37(4)32(34-33-22)31(30)35-38/h5-16,19,27H,17-18,20-21H2,1-4H3. The van der Waals surface area contributed by atoms with Crippen molar-refractivity contribution in [2.45, 2.75) is 39.3 Å². The van der Waals surface area contributed by atoms with Crippen LogP contribution in [0.4, 0.5) is 11.5 Å². The minimum absolute atomic E-state index is 0.00941. The highest BCUT2D eigenvalue weighted by Crippen LogP contribution is 2.35. The number of hydrogen-bond acceptors (Lipinski definition) is 6. The fourth-order valence-electron chi connectivity index (χ4n) is 5.50. The zero-order valence-electron chi connectivity index (χ0n) is 23.0. The van der Waals surface area contributed by atoms with Crippen molar-refractivity contribution in [1.82, 2.24) is 24.9 Å². The lowest BCUT2D eigenvalue weighted by molar-refractivity contribution is 0.168. The first-order chi connectivity index (χ1) is 19.0. The summed E-state index contributed by atoms with van der Waals surface area (Å²) in [6, 6.07) is 27.4. The third-order valence-electron chi connectivity index (χ3n) is 7.58. The van der Waals surface area contributed by atoms with Crippen molar-refractivity contribution in [3.63, 3.8) is 0 Å². The molecule has 1 atom stereocenters. The molecule has 1 aliphatic rings. The number of aryl methyl sites for hydroxylation is 2. The molecule has 7 heteroatoms. The molecule has 7 nitrogen and oxygen atoms in total. The Hall–Kier alpha value is -4.23. The third-order valence-corrected chi connectivity index (χ3v) is 7.58. The molecule has 0 spiro atoms. The quantitative estimate of drug-likeness (QED) is 0.283. The molecule has 39 heavy (non-hydrogen) atoms. The van der Waals surface area contributed by atoms with Gasteiger partial charge in [-0.3, -0.25) is 0 Å². The first-order valence-corrected chi connectivity index (χ1v) is 13.5. The molecule has 0 saturated heterocycles. The van der Waals surface area contributed by atoms with Crippen molar-refractivity contribution in [2.75, 3.05) is 25.5 Å². The highest BCUT2D eigenvalue weighted by molar-refractivity contribution is 5.94.